The molecule has 2 aromatic rings. The van der Waals surface area contributed by atoms with Gasteiger partial charge in [-0.15, -0.1) is 0 Å². The molecule has 1 aliphatic carbocycles. The number of nitrogens with one attached hydrogen (secondary N) is 1. The first-order valence-corrected chi connectivity index (χ1v) is 8.26. The van der Waals surface area contributed by atoms with E-state index in [4.69, 9.17) is 0 Å². The summed E-state index contributed by atoms with van der Waals surface area (Å²) in [5.41, 5.74) is 5.85. The second kappa shape index (κ2) is 6.91. The molecule has 3 rings (SSSR count). The van der Waals surface area contributed by atoms with Crippen LogP contribution in [0.2, 0.25) is 0 Å². The highest BCUT2D eigenvalue weighted by Gasteiger charge is 2.17. The van der Waals surface area contributed by atoms with Crippen molar-refractivity contribution in [1.29, 1.82) is 0 Å². The molecule has 2 aromatic carbocycles. The molecule has 0 amide bonds. The predicted octanol–water partition coefficient (Wildman–Crippen LogP) is 4.81. The molecule has 0 saturated heterocycles. The van der Waals surface area contributed by atoms with Crippen LogP contribution in [0.5, 0.6) is 0 Å². The Balaban J connectivity index is 1.69. The average molecular weight is 279 g/mol. The van der Waals surface area contributed by atoms with Crippen molar-refractivity contribution in [2.45, 2.75) is 51.6 Å². The summed E-state index contributed by atoms with van der Waals surface area (Å²) >= 11 is 0. The highest BCUT2D eigenvalue weighted by atomic mass is 14.9. The SMILES string of the molecule is CCc1ccc(CNC2CCCCc3ccccc32)cc1. The zero-order valence-electron chi connectivity index (χ0n) is 12.9. The van der Waals surface area contributed by atoms with Gasteiger partial charge in [-0.05, 0) is 47.9 Å². The van der Waals surface area contributed by atoms with E-state index in [1.54, 1.807) is 0 Å². The van der Waals surface area contributed by atoms with E-state index in [0.29, 0.717) is 6.04 Å². The molecule has 0 heterocycles. The quantitative estimate of drug-likeness (QED) is 0.792. The molecule has 0 fully saturated rings. The number of aryl methyl sites for hydroxylation is 2. The second-order valence-electron chi connectivity index (χ2n) is 6.05. The van der Waals surface area contributed by atoms with E-state index in [1.165, 1.54) is 47.9 Å². The lowest BCUT2D eigenvalue weighted by Crippen LogP contribution is -2.21. The van der Waals surface area contributed by atoms with Gasteiger partial charge in [0.15, 0.2) is 0 Å². The summed E-state index contributed by atoms with van der Waals surface area (Å²) in [5, 5.41) is 3.77. The van der Waals surface area contributed by atoms with Gasteiger partial charge in [0.25, 0.3) is 0 Å². The van der Waals surface area contributed by atoms with Gasteiger partial charge in [-0.25, -0.2) is 0 Å². The molecule has 1 N–H and O–H groups in total. The predicted molar refractivity (Wildman–Crippen MR) is 89.4 cm³/mol. The minimum absolute atomic E-state index is 0.509. The molecule has 1 heteroatoms. The van der Waals surface area contributed by atoms with Crippen LogP contribution in [0.1, 0.15) is 54.5 Å². The molecule has 0 aromatic heterocycles. The molecular weight excluding hydrogens is 254 g/mol. The Kier molecular flexibility index (Phi) is 4.72. The lowest BCUT2D eigenvalue weighted by atomic mass is 9.99. The Bertz CT molecular complexity index is 571. The van der Waals surface area contributed by atoms with Gasteiger partial charge in [0.1, 0.15) is 0 Å². The van der Waals surface area contributed by atoms with Crippen LogP contribution in [-0.4, -0.2) is 0 Å². The van der Waals surface area contributed by atoms with Gasteiger partial charge in [0, 0.05) is 12.6 Å². The summed E-state index contributed by atoms with van der Waals surface area (Å²) in [6, 6.07) is 18.5. The standard InChI is InChI=1S/C20H25N/c1-2-16-11-13-17(14-12-16)15-21-20-10-6-4-8-18-7-3-5-9-19(18)20/h3,5,7,9,11-14,20-21H,2,4,6,8,10,15H2,1H3. The summed E-state index contributed by atoms with van der Waals surface area (Å²) < 4.78 is 0. The Morgan fingerprint density at radius 1 is 0.952 bits per heavy atom. The van der Waals surface area contributed by atoms with Crippen LogP contribution < -0.4 is 5.32 Å². The van der Waals surface area contributed by atoms with Gasteiger partial charge in [-0.3, -0.25) is 0 Å². The third-order valence-electron chi connectivity index (χ3n) is 4.60. The largest absolute Gasteiger partial charge is 0.306 e. The van der Waals surface area contributed by atoms with E-state index in [2.05, 4.69) is 60.8 Å². The van der Waals surface area contributed by atoms with E-state index in [-0.39, 0.29) is 0 Å². The second-order valence-corrected chi connectivity index (χ2v) is 6.05. The van der Waals surface area contributed by atoms with E-state index in [1.807, 2.05) is 0 Å². The monoisotopic (exact) mass is 279 g/mol. The third kappa shape index (κ3) is 3.54. The molecule has 0 bridgehead atoms. The molecule has 21 heavy (non-hydrogen) atoms. The van der Waals surface area contributed by atoms with Gasteiger partial charge in [-0.2, -0.15) is 0 Å². The number of rotatable bonds is 4. The van der Waals surface area contributed by atoms with Crippen molar-refractivity contribution in [3.8, 4) is 0 Å². The summed E-state index contributed by atoms with van der Waals surface area (Å²) in [6.07, 6.45) is 6.24. The highest BCUT2D eigenvalue weighted by molar-refractivity contribution is 5.31. The Morgan fingerprint density at radius 2 is 1.71 bits per heavy atom. The minimum Gasteiger partial charge on any atom is -0.306 e. The summed E-state index contributed by atoms with van der Waals surface area (Å²) in [6.45, 7) is 3.17. The zero-order chi connectivity index (χ0) is 14.5. The maximum absolute atomic E-state index is 3.77. The summed E-state index contributed by atoms with van der Waals surface area (Å²) in [4.78, 5) is 0. The molecule has 0 aliphatic heterocycles. The number of hydrogen-bond acceptors (Lipinski definition) is 1. The van der Waals surface area contributed by atoms with Crippen LogP contribution >= 0.6 is 0 Å². The first kappa shape index (κ1) is 14.3. The van der Waals surface area contributed by atoms with Gasteiger partial charge >= 0.3 is 0 Å². The van der Waals surface area contributed by atoms with Crippen molar-refractivity contribution < 1.29 is 0 Å². The van der Waals surface area contributed by atoms with Crippen LogP contribution in [0.4, 0.5) is 0 Å². The highest BCUT2D eigenvalue weighted by Crippen LogP contribution is 2.28. The molecule has 1 aliphatic rings. The van der Waals surface area contributed by atoms with Gasteiger partial charge in [0.2, 0.25) is 0 Å². The first-order valence-electron chi connectivity index (χ1n) is 8.26. The molecule has 0 spiro atoms. The minimum atomic E-state index is 0.509. The number of hydrogen-bond donors (Lipinski definition) is 1. The van der Waals surface area contributed by atoms with E-state index >= 15 is 0 Å². The van der Waals surface area contributed by atoms with E-state index < -0.39 is 0 Å². The molecule has 1 unspecified atom stereocenters. The Hall–Kier alpha value is -1.60. The van der Waals surface area contributed by atoms with E-state index in [0.717, 1.165) is 13.0 Å². The van der Waals surface area contributed by atoms with Gasteiger partial charge < -0.3 is 5.32 Å². The average Bonchev–Trinajstić information content (AvgIpc) is 2.76. The van der Waals surface area contributed by atoms with Crippen LogP contribution in [0.25, 0.3) is 0 Å². The first-order chi connectivity index (χ1) is 10.4. The van der Waals surface area contributed by atoms with Crippen LogP contribution in [0.3, 0.4) is 0 Å². The summed E-state index contributed by atoms with van der Waals surface area (Å²) in [7, 11) is 0. The van der Waals surface area contributed by atoms with Gasteiger partial charge in [-0.1, -0.05) is 61.9 Å². The van der Waals surface area contributed by atoms with Gasteiger partial charge in [0.05, 0.1) is 0 Å². The maximum Gasteiger partial charge on any atom is 0.0325 e. The van der Waals surface area contributed by atoms with Crippen molar-refractivity contribution >= 4 is 0 Å². The smallest absolute Gasteiger partial charge is 0.0325 e. The fourth-order valence-electron chi connectivity index (χ4n) is 3.27. The molecule has 0 radical (unpaired) electrons. The third-order valence-corrected chi connectivity index (χ3v) is 4.60. The molecule has 1 atom stereocenters. The lowest BCUT2D eigenvalue weighted by molar-refractivity contribution is 0.489. The van der Waals surface area contributed by atoms with Crippen LogP contribution in [0.15, 0.2) is 48.5 Å². The fourth-order valence-corrected chi connectivity index (χ4v) is 3.27. The number of benzene rings is 2. The fraction of sp³-hybridized carbons (Fsp3) is 0.400. The number of fused-ring (bicyclic) bond motifs is 1. The van der Waals surface area contributed by atoms with Crippen molar-refractivity contribution in [2.24, 2.45) is 0 Å². The van der Waals surface area contributed by atoms with Crippen LogP contribution in [0, 0.1) is 0 Å². The molecular formula is C20H25N. The lowest BCUT2D eigenvalue weighted by Gasteiger charge is -2.19. The zero-order valence-corrected chi connectivity index (χ0v) is 12.9. The normalized spacial score (nSPS) is 18.0. The molecule has 0 saturated carbocycles. The van der Waals surface area contributed by atoms with E-state index in [9.17, 15) is 0 Å². The maximum atomic E-state index is 3.77. The van der Waals surface area contributed by atoms with Crippen molar-refractivity contribution in [3.63, 3.8) is 0 Å². The molecule has 1 nitrogen and oxygen atoms in total. The Morgan fingerprint density at radius 3 is 2.52 bits per heavy atom. The van der Waals surface area contributed by atoms with Crippen molar-refractivity contribution in [3.05, 3.63) is 70.8 Å². The van der Waals surface area contributed by atoms with Crippen LogP contribution in [-0.2, 0) is 19.4 Å². The Labute approximate surface area is 128 Å². The topological polar surface area (TPSA) is 12.0 Å². The van der Waals surface area contributed by atoms with Crippen molar-refractivity contribution in [2.75, 3.05) is 0 Å². The van der Waals surface area contributed by atoms with Crippen molar-refractivity contribution in [1.82, 2.24) is 5.32 Å². The summed E-state index contributed by atoms with van der Waals surface area (Å²) in [5.74, 6) is 0. The molecule has 110 valence electrons.